The van der Waals surface area contributed by atoms with Crippen molar-refractivity contribution in [2.24, 2.45) is 26.2 Å². The van der Waals surface area contributed by atoms with Gasteiger partial charge in [-0.3, -0.25) is 33.3 Å². The maximum Gasteiger partial charge on any atom is 0.313 e. The van der Waals surface area contributed by atoms with E-state index in [1.165, 1.54) is 63.7 Å². The van der Waals surface area contributed by atoms with Gasteiger partial charge in [0.15, 0.2) is 16.7 Å². The summed E-state index contributed by atoms with van der Waals surface area (Å²) in [5.41, 5.74) is 7.78. The van der Waals surface area contributed by atoms with E-state index in [9.17, 15) is 46.8 Å². The van der Waals surface area contributed by atoms with Crippen molar-refractivity contribution < 1.29 is 56.3 Å². The smallest absolute Gasteiger partial charge is 0.313 e. The van der Waals surface area contributed by atoms with Crippen molar-refractivity contribution in [3.63, 3.8) is 0 Å². The van der Waals surface area contributed by atoms with Gasteiger partial charge >= 0.3 is 10.1 Å². The van der Waals surface area contributed by atoms with Crippen molar-refractivity contribution in [2.75, 3.05) is 89.1 Å². The summed E-state index contributed by atoms with van der Waals surface area (Å²) in [6.45, 7) is 12.2. The molecule has 0 radical (unpaired) electrons. The Balaban J connectivity index is 1.27. The fourth-order valence-electron chi connectivity index (χ4n) is 8.38. The highest BCUT2D eigenvalue weighted by Crippen LogP contribution is 2.43. The van der Waals surface area contributed by atoms with Gasteiger partial charge in [0.25, 0.3) is 11.8 Å². The monoisotopic (exact) mass is 1300 g/mol. The number of primary amides is 1. The molecule has 3 aromatic heterocycles. The first-order valence-electron chi connectivity index (χ1n) is 27.2. The van der Waals surface area contributed by atoms with Crippen LogP contribution in [0.3, 0.4) is 0 Å². The quantitative estimate of drug-likeness (QED) is 0.00381. The van der Waals surface area contributed by atoms with Gasteiger partial charge < -0.3 is 56.7 Å². The van der Waals surface area contributed by atoms with Gasteiger partial charge in [-0.05, 0) is 102 Å². The molecule has 4 amide bonds. The maximum absolute atomic E-state index is 13.5. The molecule has 0 aliphatic heterocycles. The first kappa shape index (κ1) is 67.6. The van der Waals surface area contributed by atoms with Crippen molar-refractivity contribution in [3.8, 4) is 11.5 Å². The number of hydrogen-bond acceptors (Lipinski definition) is 27. The largest absolute Gasteiger partial charge is 0.494 e. The first-order chi connectivity index (χ1) is 43.1. The molecule has 7 rings (SSSR count). The fraction of sp³-hybridized carbons (Fsp3) is 0.246. The maximum atomic E-state index is 13.5. The van der Waals surface area contributed by atoms with Crippen LogP contribution in [0, 0.1) is 0 Å². The molecule has 7 aromatic rings. The average molecular weight is 1300 g/mol. The zero-order chi connectivity index (χ0) is 65.2. The number of aliphatic hydroxyl groups is 1. The Labute approximate surface area is 528 Å². The number of anilines is 9. The van der Waals surface area contributed by atoms with Gasteiger partial charge in [0.05, 0.1) is 64.5 Å². The Morgan fingerprint density at radius 3 is 1.71 bits per heavy atom. The van der Waals surface area contributed by atoms with E-state index in [2.05, 4.69) is 67.0 Å². The van der Waals surface area contributed by atoms with Crippen molar-refractivity contribution in [2.45, 2.75) is 51.7 Å². The van der Waals surface area contributed by atoms with Crippen LogP contribution in [-0.4, -0.2) is 131 Å². The number of carbonyl (C=O) groups excluding carboxylic acids is 6. The average Bonchev–Trinajstić information content (AvgIpc) is 1.31. The molecular formula is C57H61N17O12S4. The lowest BCUT2D eigenvalue weighted by molar-refractivity contribution is -0.120. The minimum absolute atomic E-state index is 0.0111. The second-order valence-electron chi connectivity index (χ2n) is 18.5. The zero-order valence-corrected chi connectivity index (χ0v) is 52.9. The van der Waals surface area contributed by atoms with E-state index in [-0.39, 0.29) is 78.4 Å². The van der Waals surface area contributed by atoms with Gasteiger partial charge in [-0.2, -0.15) is 23.4 Å². The fourth-order valence-corrected chi connectivity index (χ4v) is 11.4. The summed E-state index contributed by atoms with van der Waals surface area (Å²) in [7, 11) is -2.14. The van der Waals surface area contributed by atoms with Crippen LogP contribution >= 0.6 is 34.4 Å². The number of thioether (sulfide) groups is 1. The van der Waals surface area contributed by atoms with Crippen molar-refractivity contribution in [1.82, 2.24) is 24.9 Å². The lowest BCUT2D eigenvalue weighted by Gasteiger charge is -2.25. The van der Waals surface area contributed by atoms with Crippen LogP contribution in [0.4, 0.5) is 73.3 Å². The minimum Gasteiger partial charge on any atom is -0.494 e. The minimum atomic E-state index is -5.11. The third kappa shape index (κ3) is 17.7. The molecule has 0 saturated heterocycles. The van der Waals surface area contributed by atoms with Gasteiger partial charge in [-0.15, -0.1) is 20.5 Å². The number of hydrogen-bond donors (Lipinski definition) is 8. The molecule has 9 N–H and O–H groups in total. The van der Waals surface area contributed by atoms with Crippen LogP contribution in [0.5, 0.6) is 11.5 Å². The molecule has 4 aromatic carbocycles. The second kappa shape index (κ2) is 31.3. The SMILES string of the molecule is CCN(CC)c1cc(Nc2nc(Nc3cc(N(CC)CC)c(OC)cc3N=Nc3nc(S(=O)(=O)O)c(/C=C(/C(C)=O)C(=O)Nc4cccc(C(N)=O)c4)s3)nc(SCCO)n2)c(N=Nc2ncc(/C=C(\C(C)=O)C(=O)Nc3cccc(NC=O)c3)s2)cc1OC. The highest BCUT2D eigenvalue weighted by atomic mass is 32.2. The predicted molar refractivity (Wildman–Crippen MR) is 345 cm³/mol. The number of nitrogens with two attached hydrogens (primary N) is 1. The second-order valence-corrected chi connectivity index (χ2v) is 23.0. The number of rotatable bonds is 31. The molecular weight excluding hydrogens is 1240 g/mol. The van der Waals surface area contributed by atoms with Crippen molar-refractivity contribution in [1.29, 1.82) is 0 Å². The zero-order valence-electron chi connectivity index (χ0n) is 49.6. The van der Waals surface area contributed by atoms with Crippen LogP contribution in [0.25, 0.3) is 12.2 Å². The number of aromatic nitrogens is 5. The Kier molecular flexibility index (Phi) is 23.5. The summed E-state index contributed by atoms with van der Waals surface area (Å²) in [5.74, 6) is -2.83. The van der Waals surface area contributed by atoms with Crippen LogP contribution in [0.15, 0.2) is 121 Å². The highest BCUT2D eigenvalue weighted by molar-refractivity contribution is 7.99. The number of Topliss-reactive ketones (excluding diaryl/α,β-unsaturated/α-hetero) is 2. The molecule has 0 atom stereocenters. The summed E-state index contributed by atoms with van der Waals surface area (Å²) < 4.78 is 47.6. The first-order valence-corrected chi connectivity index (χ1v) is 31.2. The molecule has 0 bridgehead atoms. The summed E-state index contributed by atoms with van der Waals surface area (Å²) in [6.07, 6.45) is 4.24. The summed E-state index contributed by atoms with van der Waals surface area (Å²) >= 11 is 2.74. The lowest BCUT2D eigenvalue weighted by atomic mass is 10.1. The van der Waals surface area contributed by atoms with Crippen LogP contribution < -0.4 is 51.6 Å². The van der Waals surface area contributed by atoms with Crippen LogP contribution in [0.2, 0.25) is 0 Å². The molecule has 470 valence electrons. The molecule has 0 saturated carbocycles. The number of aliphatic hydroxyl groups excluding tert-OH is 1. The summed E-state index contributed by atoms with van der Waals surface area (Å²) in [5, 5.41) is 40.8. The Morgan fingerprint density at radius 2 is 1.21 bits per heavy atom. The van der Waals surface area contributed by atoms with E-state index >= 15 is 0 Å². The van der Waals surface area contributed by atoms with E-state index in [1.807, 2.05) is 37.5 Å². The number of amides is 4. The standard InChI is InChI=1S/C57H61N17O12S4/c1-9-73(10-2)44-25-40(42(27-46(44)85-7)69-71-55-59-29-37(88-55)23-38(31(5)77)50(80)62-36-18-14-16-34(22-36)60-30-76)63-53-66-54(68-56(67-53)87-20-19-75)64-41-26-45(74(11-3)12-4)47(86-8)28-43(41)70-72-57-65-52(90(82,83)84)48(89-57)24-39(32(6)78)51(81)61-35-17-13-15-33(21-35)49(58)79/h13-18,21-30,75H,9-12,19-20H2,1-8H3,(H2,58,79)(H,60,76)(H,61,81)(H,62,80)(H,82,83,84)(H2,63,64,66,67,68)/b38-23+,39-24-,71-69?,72-70?. The van der Waals surface area contributed by atoms with Crippen molar-refractivity contribution in [3.05, 3.63) is 105 Å². The Bertz CT molecular complexity index is 4090. The number of ether oxygens (including phenoxy) is 2. The van der Waals surface area contributed by atoms with E-state index < -0.39 is 50.0 Å². The van der Waals surface area contributed by atoms with E-state index in [4.69, 9.17) is 20.2 Å². The highest BCUT2D eigenvalue weighted by Gasteiger charge is 2.26. The van der Waals surface area contributed by atoms with E-state index in [0.29, 0.717) is 88.7 Å². The summed E-state index contributed by atoms with van der Waals surface area (Å²) in [6, 6.07) is 18.7. The third-order valence-corrected chi connectivity index (χ3v) is 16.1. The molecule has 0 aliphatic carbocycles. The van der Waals surface area contributed by atoms with Crippen molar-refractivity contribution >= 4 is 166 Å². The van der Waals surface area contributed by atoms with Gasteiger partial charge in [0, 0.05) is 72.9 Å². The van der Waals surface area contributed by atoms with E-state index in [0.717, 1.165) is 36.1 Å². The molecule has 0 aliphatic rings. The number of ketones is 2. The Hall–Kier alpha value is -9.93. The van der Waals surface area contributed by atoms with Gasteiger partial charge in [0.1, 0.15) is 22.9 Å². The molecule has 0 fully saturated rings. The molecule has 90 heavy (non-hydrogen) atoms. The number of thiazole rings is 2. The summed E-state index contributed by atoms with van der Waals surface area (Å²) in [4.78, 5) is 102. The number of carbonyl (C=O) groups is 6. The lowest BCUT2D eigenvalue weighted by Crippen LogP contribution is -2.22. The van der Waals surface area contributed by atoms with E-state index in [1.54, 1.807) is 42.5 Å². The van der Waals surface area contributed by atoms with Crippen LogP contribution in [0.1, 0.15) is 61.7 Å². The molecule has 33 heteroatoms. The number of methoxy groups -OCH3 is 2. The molecule has 3 heterocycles. The Morgan fingerprint density at radius 1 is 0.689 bits per heavy atom. The predicted octanol–water partition coefficient (Wildman–Crippen LogP) is 10.0. The van der Waals surface area contributed by atoms with Gasteiger partial charge in [-0.25, -0.2) is 9.97 Å². The number of azo groups is 2. The number of benzene rings is 4. The topological polar surface area (TPSA) is 402 Å². The van der Waals surface area contributed by atoms with Crippen LogP contribution in [-0.2, 0) is 34.1 Å². The number of nitrogens with one attached hydrogen (secondary N) is 5. The molecule has 0 unspecified atom stereocenters. The molecule has 29 nitrogen and oxygen atoms in total. The third-order valence-electron chi connectivity index (χ3n) is 12.6. The molecule has 0 spiro atoms. The number of nitrogens with zero attached hydrogens (tertiary/aromatic N) is 11. The van der Waals surface area contributed by atoms with Gasteiger partial charge in [-0.1, -0.05) is 46.6 Å². The van der Waals surface area contributed by atoms with Gasteiger partial charge in [0.2, 0.25) is 39.5 Å². The normalized spacial score (nSPS) is 11.8.